The van der Waals surface area contributed by atoms with Gasteiger partial charge in [0.25, 0.3) is 0 Å². The summed E-state index contributed by atoms with van der Waals surface area (Å²) in [7, 11) is 0. The van der Waals surface area contributed by atoms with Crippen LogP contribution in [0.1, 0.15) is 45.4 Å². The van der Waals surface area contributed by atoms with E-state index in [1.807, 2.05) is 11.8 Å². The molecule has 0 aliphatic carbocycles. The zero-order valence-corrected chi connectivity index (χ0v) is 10.8. The lowest BCUT2D eigenvalue weighted by Gasteiger charge is -2.34. The Hall–Kier alpha value is -1.01. The highest BCUT2D eigenvalue weighted by molar-refractivity contribution is 5.76. The highest BCUT2D eigenvalue weighted by Gasteiger charge is 2.25. The number of nitrogens with zero attached hydrogens (tertiary/aromatic N) is 1. The number of terminal acetylenes is 1. The second-order valence-electron chi connectivity index (χ2n) is 5.01. The van der Waals surface area contributed by atoms with Crippen LogP contribution in [0, 0.1) is 18.3 Å². The van der Waals surface area contributed by atoms with Crippen LogP contribution in [0.3, 0.4) is 0 Å². The zero-order valence-electron chi connectivity index (χ0n) is 10.8. The fourth-order valence-electron chi connectivity index (χ4n) is 2.33. The van der Waals surface area contributed by atoms with Gasteiger partial charge in [-0.25, -0.2) is 0 Å². The number of piperidine rings is 1. The standard InChI is InChI=1S/C14H24N2O/c1-3-4-5-6-9-14(17)16-10-7-8-13(11-16)12(2)15/h1,12-13H,4-11,15H2,2H3. The van der Waals surface area contributed by atoms with Gasteiger partial charge in [-0.1, -0.05) is 0 Å². The normalized spacial score (nSPS) is 21.9. The Balaban J connectivity index is 2.29. The van der Waals surface area contributed by atoms with Crippen molar-refractivity contribution in [3.05, 3.63) is 0 Å². The van der Waals surface area contributed by atoms with Crippen LogP contribution < -0.4 is 5.73 Å². The van der Waals surface area contributed by atoms with Gasteiger partial charge in [-0.2, -0.15) is 0 Å². The van der Waals surface area contributed by atoms with E-state index in [-0.39, 0.29) is 11.9 Å². The van der Waals surface area contributed by atoms with Crippen molar-refractivity contribution in [1.29, 1.82) is 0 Å². The third kappa shape index (κ3) is 4.79. The molecule has 0 aromatic heterocycles. The predicted octanol–water partition coefficient (Wildman–Crippen LogP) is 1.77. The summed E-state index contributed by atoms with van der Waals surface area (Å²) < 4.78 is 0. The SMILES string of the molecule is C#CCCCCC(=O)N1CCCC(C(C)N)C1. The molecule has 1 heterocycles. The molecule has 1 aliphatic heterocycles. The first-order chi connectivity index (χ1) is 8.15. The molecular formula is C14H24N2O. The van der Waals surface area contributed by atoms with E-state index in [9.17, 15) is 4.79 Å². The number of hydrogen-bond donors (Lipinski definition) is 1. The van der Waals surface area contributed by atoms with Gasteiger partial charge in [0, 0.05) is 32.0 Å². The van der Waals surface area contributed by atoms with Crippen LogP contribution in [-0.4, -0.2) is 29.9 Å². The minimum Gasteiger partial charge on any atom is -0.342 e. The number of carbonyl (C=O) groups is 1. The van der Waals surface area contributed by atoms with Crippen molar-refractivity contribution in [3.63, 3.8) is 0 Å². The summed E-state index contributed by atoms with van der Waals surface area (Å²) in [6, 6.07) is 0.187. The fourth-order valence-corrected chi connectivity index (χ4v) is 2.33. The molecule has 2 N–H and O–H groups in total. The predicted molar refractivity (Wildman–Crippen MR) is 70.3 cm³/mol. The van der Waals surface area contributed by atoms with Gasteiger partial charge >= 0.3 is 0 Å². The first-order valence-electron chi connectivity index (χ1n) is 6.62. The monoisotopic (exact) mass is 236 g/mol. The van der Waals surface area contributed by atoms with Crippen molar-refractivity contribution >= 4 is 5.91 Å². The fraction of sp³-hybridized carbons (Fsp3) is 0.786. The number of hydrogen-bond acceptors (Lipinski definition) is 2. The van der Waals surface area contributed by atoms with Crippen LogP contribution in [0.2, 0.25) is 0 Å². The molecule has 3 nitrogen and oxygen atoms in total. The Kier molecular flexibility index (Phi) is 6.07. The highest BCUT2D eigenvalue weighted by atomic mass is 16.2. The van der Waals surface area contributed by atoms with Crippen molar-refractivity contribution in [2.45, 2.75) is 51.5 Å². The second kappa shape index (κ2) is 7.34. The number of nitrogens with two attached hydrogens (primary N) is 1. The van der Waals surface area contributed by atoms with E-state index in [1.54, 1.807) is 0 Å². The molecule has 1 rings (SSSR count). The van der Waals surface area contributed by atoms with Gasteiger partial charge in [0.05, 0.1) is 0 Å². The van der Waals surface area contributed by atoms with E-state index in [2.05, 4.69) is 5.92 Å². The van der Waals surface area contributed by atoms with Gasteiger partial charge in [0.1, 0.15) is 0 Å². The average Bonchev–Trinajstić information content (AvgIpc) is 2.34. The third-order valence-corrected chi connectivity index (χ3v) is 3.52. The molecule has 1 amide bonds. The van der Waals surface area contributed by atoms with E-state index in [4.69, 9.17) is 12.2 Å². The van der Waals surface area contributed by atoms with Crippen molar-refractivity contribution in [2.24, 2.45) is 11.7 Å². The number of amides is 1. The molecule has 3 heteroatoms. The number of rotatable bonds is 5. The van der Waals surface area contributed by atoms with Crippen LogP contribution in [0.5, 0.6) is 0 Å². The van der Waals surface area contributed by atoms with Crippen LogP contribution in [-0.2, 0) is 4.79 Å². The molecule has 0 radical (unpaired) electrons. The van der Waals surface area contributed by atoms with Crippen LogP contribution in [0.25, 0.3) is 0 Å². The minimum atomic E-state index is 0.187. The minimum absolute atomic E-state index is 0.187. The van der Waals surface area contributed by atoms with Crippen LogP contribution >= 0.6 is 0 Å². The van der Waals surface area contributed by atoms with Crippen molar-refractivity contribution in [2.75, 3.05) is 13.1 Å². The average molecular weight is 236 g/mol. The number of likely N-dealkylation sites (tertiary alicyclic amines) is 1. The maximum atomic E-state index is 12.0. The molecule has 0 saturated carbocycles. The van der Waals surface area contributed by atoms with E-state index in [1.165, 1.54) is 0 Å². The van der Waals surface area contributed by atoms with Gasteiger partial charge < -0.3 is 10.6 Å². The molecule has 96 valence electrons. The summed E-state index contributed by atoms with van der Waals surface area (Å²) in [5, 5.41) is 0. The molecule has 2 unspecified atom stereocenters. The third-order valence-electron chi connectivity index (χ3n) is 3.52. The van der Waals surface area contributed by atoms with Gasteiger partial charge in [-0.05, 0) is 38.5 Å². The van der Waals surface area contributed by atoms with E-state index in [0.29, 0.717) is 12.3 Å². The molecule has 2 atom stereocenters. The first-order valence-corrected chi connectivity index (χ1v) is 6.62. The lowest BCUT2D eigenvalue weighted by molar-refractivity contribution is -0.133. The van der Waals surface area contributed by atoms with Crippen molar-refractivity contribution in [3.8, 4) is 12.3 Å². The summed E-state index contributed by atoms with van der Waals surface area (Å²) in [6.45, 7) is 3.77. The molecule has 0 bridgehead atoms. The van der Waals surface area contributed by atoms with Gasteiger partial charge in [0.15, 0.2) is 0 Å². The molecule has 1 fully saturated rings. The lowest BCUT2D eigenvalue weighted by atomic mass is 9.92. The molecule has 0 aromatic carbocycles. The van der Waals surface area contributed by atoms with E-state index < -0.39 is 0 Å². The number of unbranched alkanes of at least 4 members (excludes halogenated alkanes) is 2. The molecule has 1 aliphatic rings. The van der Waals surface area contributed by atoms with Gasteiger partial charge in [-0.3, -0.25) is 4.79 Å². The largest absolute Gasteiger partial charge is 0.342 e. The number of carbonyl (C=O) groups excluding carboxylic acids is 1. The molecular weight excluding hydrogens is 212 g/mol. The van der Waals surface area contributed by atoms with Gasteiger partial charge in [0.2, 0.25) is 5.91 Å². The summed E-state index contributed by atoms with van der Waals surface area (Å²) in [6.07, 6.45) is 10.7. The van der Waals surface area contributed by atoms with E-state index >= 15 is 0 Å². The van der Waals surface area contributed by atoms with Crippen molar-refractivity contribution < 1.29 is 4.79 Å². The summed E-state index contributed by atoms with van der Waals surface area (Å²) in [5.41, 5.74) is 5.91. The quantitative estimate of drug-likeness (QED) is 0.584. The topological polar surface area (TPSA) is 46.3 Å². The Morgan fingerprint density at radius 2 is 2.35 bits per heavy atom. The summed E-state index contributed by atoms with van der Waals surface area (Å²) in [4.78, 5) is 13.9. The summed E-state index contributed by atoms with van der Waals surface area (Å²) >= 11 is 0. The molecule has 0 spiro atoms. The molecule has 1 saturated heterocycles. The van der Waals surface area contributed by atoms with Crippen LogP contribution in [0.4, 0.5) is 0 Å². The maximum absolute atomic E-state index is 12.0. The Morgan fingerprint density at radius 3 is 3.00 bits per heavy atom. The summed E-state index contributed by atoms with van der Waals surface area (Å²) in [5.74, 6) is 3.34. The van der Waals surface area contributed by atoms with Gasteiger partial charge in [-0.15, -0.1) is 12.3 Å². The smallest absolute Gasteiger partial charge is 0.222 e. The zero-order chi connectivity index (χ0) is 12.7. The second-order valence-corrected chi connectivity index (χ2v) is 5.01. The molecule has 17 heavy (non-hydrogen) atoms. The first kappa shape index (κ1) is 14.1. The van der Waals surface area contributed by atoms with Crippen molar-refractivity contribution in [1.82, 2.24) is 4.90 Å². The molecule has 0 aromatic rings. The highest BCUT2D eigenvalue weighted by Crippen LogP contribution is 2.19. The Morgan fingerprint density at radius 1 is 1.59 bits per heavy atom. The Bertz CT molecular complexity index is 280. The van der Waals surface area contributed by atoms with Crippen LogP contribution in [0.15, 0.2) is 0 Å². The maximum Gasteiger partial charge on any atom is 0.222 e. The van der Waals surface area contributed by atoms with E-state index in [0.717, 1.165) is 45.2 Å². The Labute approximate surface area is 105 Å². The lowest BCUT2D eigenvalue weighted by Crippen LogP contribution is -2.44.